The van der Waals surface area contributed by atoms with Crippen LogP contribution in [0.4, 0.5) is 0 Å². The molecule has 1 saturated heterocycles. The van der Waals surface area contributed by atoms with Crippen molar-refractivity contribution < 1.29 is 14.3 Å². The highest BCUT2D eigenvalue weighted by Crippen LogP contribution is 2.24. The Labute approximate surface area is 157 Å². The van der Waals surface area contributed by atoms with E-state index in [9.17, 15) is 9.59 Å². The van der Waals surface area contributed by atoms with Crippen molar-refractivity contribution in [1.29, 1.82) is 0 Å². The monoisotopic (exact) mass is 386 g/mol. The molecule has 0 aliphatic carbocycles. The Morgan fingerprint density at radius 1 is 1.17 bits per heavy atom. The largest absolute Gasteiger partial charge is 0.381 e. The second kappa shape index (κ2) is 11.9. The molecule has 0 aromatic heterocycles. The molecular weight excluding hydrogens is 355 g/mol. The molecule has 1 aliphatic heterocycles. The first-order valence-corrected chi connectivity index (χ1v) is 7.83. The summed E-state index contributed by atoms with van der Waals surface area (Å²) in [4.78, 5) is 25.8. The standard InChI is InChI=1S/C15H30N4O3.2ClH/c1-11(2)13(16)14(21)17-9-12(20)18-10-15(19(3)4)5-7-22-8-6-15;;/h11,13H,5-10,16H2,1-4H3,(H,17,21)(H,18,20);2*1H/t13-;;/m0../s1. The number of nitrogens with one attached hydrogen (secondary N) is 2. The van der Waals surface area contributed by atoms with Gasteiger partial charge < -0.3 is 26.0 Å². The van der Waals surface area contributed by atoms with Gasteiger partial charge >= 0.3 is 0 Å². The van der Waals surface area contributed by atoms with Crippen molar-refractivity contribution in [3.63, 3.8) is 0 Å². The van der Waals surface area contributed by atoms with Crippen molar-refractivity contribution in [2.24, 2.45) is 11.7 Å². The third kappa shape index (κ3) is 7.53. The van der Waals surface area contributed by atoms with E-state index in [0.29, 0.717) is 19.8 Å². The number of nitrogens with zero attached hydrogens (tertiary/aromatic N) is 1. The van der Waals surface area contributed by atoms with Crippen molar-refractivity contribution in [2.75, 3.05) is 40.4 Å². The third-order valence-corrected chi connectivity index (χ3v) is 4.43. The number of carbonyl (C=O) groups is 2. The van der Waals surface area contributed by atoms with Crippen LogP contribution in [0.2, 0.25) is 0 Å². The highest BCUT2D eigenvalue weighted by Gasteiger charge is 2.35. The molecule has 1 atom stereocenters. The van der Waals surface area contributed by atoms with E-state index in [1.54, 1.807) is 0 Å². The lowest BCUT2D eigenvalue weighted by Crippen LogP contribution is -2.56. The summed E-state index contributed by atoms with van der Waals surface area (Å²) >= 11 is 0. The lowest BCUT2D eigenvalue weighted by Gasteiger charge is -2.42. The van der Waals surface area contributed by atoms with Crippen molar-refractivity contribution >= 4 is 36.6 Å². The van der Waals surface area contributed by atoms with Gasteiger partial charge in [-0.05, 0) is 32.9 Å². The quantitative estimate of drug-likeness (QED) is 0.578. The molecule has 0 aromatic carbocycles. The fourth-order valence-corrected chi connectivity index (χ4v) is 2.45. The minimum atomic E-state index is -0.587. The van der Waals surface area contributed by atoms with E-state index in [0.717, 1.165) is 12.8 Å². The molecule has 1 rings (SSSR count). The fourth-order valence-electron chi connectivity index (χ4n) is 2.45. The molecule has 1 aliphatic rings. The summed E-state index contributed by atoms with van der Waals surface area (Å²) in [7, 11) is 4.03. The first-order valence-electron chi connectivity index (χ1n) is 7.83. The highest BCUT2D eigenvalue weighted by atomic mass is 35.5. The summed E-state index contributed by atoms with van der Waals surface area (Å²) in [6, 6.07) is -0.587. The molecule has 0 bridgehead atoms. The van der Waals surface area contributed by atoms with Crippen LogP contribution in [0.5, 0.6) is 0 Å². The van der Waals surface area contributed by atoms with Gasteiger partial charge in [0.15, 0.2) is 0 Å². The van der Waals surface area contributed by atoms with Crippen LogP contribution >= 0.6 is 24.8 Å². The predicted molar refractivity (Wildman–Crippen MR) is 99.8 cm³/mol. The van der Waals surface area contributed by atoms with Crippen molar-refractivity contribution in [3.8, 4) is 0 Å². The first kappa shape index (κ1) is 25.6. The van der Waals surface area contributed by atoms with E-state index < -0.39 is 6.04 Å². The fraction of sp³-hybridized carbons (Fsp3) is 0.867. The molecule has 0 spiro atoms. The maximum Gasteiger partial charge on any atom is 0.239 e. The zero-order valence-electron chi connectivity index (χ0n) is 15.0. The summed E-state index contributed by atoms with van der Waals surface area (Å²) in [5.74, 6) is -0.446. The average Bonchev–Trinajstić information content (AvgIpc) is 2.50. The Balaban J connectivity index is 0. The molecule has 9 heteroatoms. The summed E-state index contributed by atoms with van der Waals surface area (Å²) in [5.41, 5.74) is 5.66. The Morgan fingerprint density at radius 3 is 2.17 bits per heavy atom. The summed E-state index contributed by atoms with van der Waals surface area (Å²) in [6.07, 6.45) is 1.76. The van der Waals surface area contributed by atoms with E-state index in [4.69, 9.17) is 10.5 Å². The van der Waals surface area contributed by atoms with Crippen molar-refractivity contribution in [3.05, 3.63) is 0 Å². The first-order chi connectivity index (χ1) is 10.3. The number of carbonyl (C=O) groups excluding carboxylic acids is 2. The zero-order valence-corrected chi connectivity index (χ0v) is 16.6. The molecule has 24 heavy (non-hydrogen) atoms. The van der Waals surface area contributed by atoms with E-state index in [-0.39, 0.29) is 54.6 Å². The number of halogens is 2. The molecule has 1 fully saturated rings. The molecule has 1 heterocycles. The predicted octanol–water partition coefficient (Wildman–Crippen LogP) is 0.157. The van der Waals surface area contributed by atoms with Gasteiger partial charge in [0.1, 0.15) is 0 Å². The van der Waals surface area contributed by atoms with Crippen LogP contribution in [0.15, 0.2) is 0 Å². The molecule has 0 radical (unpaired) electrons. The maximum atomic E-state index is 11.9. The van der Waals surface area contributed by atoms with Gasteiger partial charge in [-0.2, -0.15) is 0 Å². The molecule has 0 aromatic rings. The van der Waals surface area contributed by atoms with Crippen LogP contribution in [0.1, 0.15) is 26.7 Å². The zero-order chi connectivity index (χ0) is 16.8. The summed E-state index contributed by atoms with van der Waals surface area (Å²) in [6.45, 7) is 5.65. The number of hydrogen-bond donors (Lipinski definition) is 3. The Kier molecular flexibility index (Phi) is 12.7. The molecule has 4 N–H and O–H groups in total. The number of likely N-dealkylation sites (N-methyl/N-ethyl adjacent to an activating group) is 1. The number of ether oxygens (including phenoxy) is 1. The molecule has 144 valence electrons. The average molecular weight is 387 g/mol. The van der Waals surface area contributed by atoms with Gasteiger partial charge in [-0.25, -0.2) is 0 Å². The van der Waals surface area contributed by atoms with Gasteiger partial charge in [0.25, 0.3) is 0 Å². The number of nitrogens with two attached hydrogens (primary N) is 1. The van der Waals surface area contributed by atoms with Crippen LogP contribution in [0.3, 0.4) is 0 Å². The van der Waals surface area contributed by atoms with Crippen LogP contribution in [0.25, 0.3) is 0 Å². The lowest BCUT2D eigenvalue weighted by atomic mass is 9.88. The van der Waals surface area contributed by atoms with Gasteiger partial charge in [0, 0.05) is 25.3 Å². The minimum Gasteiger partial charge on any atom is -0.381 e. The van der Waals surface area contributed by atoms with E-state index in [1.807, 2.05) is 27.9 Å². The normalized spacial score (nSPS) is 17.5. The number of rotatable bonds is 7. The second-order valence-electron chi connectivity index (χ2n) is 6.50. The SMILES string of the molecule is CC(C)[C@H](N)C(=O)NCC(=O)NCC1(N(C)C)CCOCC1.Cl.Cl. The van der Waals surface area contributed by atoms with E-state index >= 15 is 0 Å². The van der Waals surface area contributed by atoms with E-state index in [1.165, 1.54) is 0 Å². The van der Waals surface area contributed by atoms with Gasteiger partial charge in [-0.1, -0.05) is 13.8 Å². The Morgan fingerprint density at radius 2 is 1.71 bits per heavy atom. The van der Waals surface area contributed by atoms with Gasteiger partial charge in [-0.3, -0.25) is 9.59 Å². The Hall–Kier alpha value is -0.600. The van der Waals surface area contributed by atoms with Crippen LogP contribution in [-0.4, -0.2) is 68.7 Å². The number of amides is 2. The maximum absolute atomic E-state index is 11.9. The van der Waals surface area contributed by atoms with Gasteiger partial charge in [0.2, 0.25) is 11.8 Å². The van der Waals surface area contributed by atoms with Crippen molar-refractivity contribution in [1.82, 2.24) is 15.5 Å². The Bertz CT molecular complexity index is 389. The smallest absolute Gasteiger partial charge is 0.239 e. The van der Waals surface area contributed by atoms with Gasteiger partial charge in [-0.15, -0.1) is 24.8 Å². The molecule has 2 amide bonds. The summed E-state index contributed by atoms with van der Waals surface area (Å²) in [5, 5.41) is 5.49. The third-order valence-electron chi connectivity index (χ3n) is 4.43. The molecule has 7 nitrogen and oxygen atoms in total. The van der Waals surface area contributed by atoms with Crippen LogP contribution in [-0.2, 0) is 14.3 Å². The molecular formula is C15H32Cl2N4O3. The highest BCUT2D eigenvalue weighted by molar-refractivity contribution is 5.87. The lowest BCUT2D eigenvalue weighted by molar-refractivity contribution is -0.127. The minimum absolute atomic E-state index is 0. The van der Waals surface area contributed by atoms with Crippen LogP contribution < -0.4 is 16.4 Å². The van der Waals surface area contributed by atoms with Crippen LogP contribution in [0, 0.1) is 5.92 Å². The van der Waals surface area contributed by atoms with Gasteiger partial charge in [0.05, 0.1) is 12.6 Å². The van der Waals surface area contributed by atoms with Crippen molar-refractivity contribution in [2.45, 2.75) is 38.3 Å². The van der Waals surface area contributed by atoms with E-state index in [2.05, 4.69) is 15.5 Å². The molecule has 0 unspecified atom stereocenters. The molecule has 0 saturated carbocycles. The topological polar surface area (TPSA) is 96.7 Å². The second-order valence-corrected chi connectivity index (χ2v) is 6.50. The number of hydrogen-bond acceptors (Lipinski definition) is 5. The summed E-state index contributed by atoms with van der Waals surface area (Å²) < 4.78 is 5.40.